The van der Waals surface area contributed by atoms with Crippen molar-refractivity contribution in [3.63, 3.8) is 0 Å². The zero-order valence-corrected chi connectivity index (χ0v) is 11.2. The zero-order valence-electron chi connectivity index (χ0n) is 11.2. The van der Waals surface area contributed by atoms with Crippen LogP contribution < -0.4 is 5.32 Å². The monoisotopic (exact) mass is 242 g/mol. The van der Waals surface area contributed by atoms with Crippen molar-refractivity contribution < 1.29 is 0 Å². The third-order valence-electron chi connectivity index (χ3n) is 3.04. The highest BCUT2D eigenvalue weighted by Gasteiger charge is 2.11. The summed E-state index contributed by atoms with van der Waals surface area (Å²) in [6.45, 7) is 6.44. The molecule has 0 saturated carbocycles. The average Bonchev–Trinajstić information content (AvgIpc) is 2.39. The molecule has 94 valence electrons. The number of nitrogens with zero attached hydrogens (tertiary/aromatic N) is 3. The molecule has 2 aromatic rings. The number of hydrogen-bond donors (Lipinski definition) is 1. The van der Waals surface area contributed by atoms with Crippen molar-refractivity contribution >= 4 is 5.82 Å². The molecule has 4 nitrogen and oxygen atoms in total. The third-order valence-corrected chi connectivity index (χ3v) is 3.04. The van der Waals surface area contributed by atoms with E-state index < -0.39 is 0 Å². The van der Waals surface area contributed by atoms with Crippen molar-refractivity contribution in [2.45, 2.75) is 26.7 Å². The molecule has 0 bridgehead atoms. The molecule has 1 N–H and O–H groups in total. The van der Waals surface area contributed by atoms with Crippen LogP contribution in [0.5, 0.6) is 0 Å². The van der Waals surface area contributed by atoms with Gasteiger partial charge in [0.15, 0.2) is 5.82 Å². The molecule has 0 aliphatic rings. The van der Waals surface area contributed by atoms with Crippen LogP contribution in [-0.4, -0.2) is 22.2 Å². The van der Waals surface area contributed by atoms with E-state index >= 15 is 0 Å². The Morgan fingerprint density at radius 3 is 2.67 bits per heavy atom. The van der Waals surface area contributed by atoms with Gasteiger partial charge >= 0.3 is 0 Å². The maximum atomic E-state index is 4.21. The molecule has 2 rings (SSSR count). The van der Waals surface area contributed by atoms with Crippen LogP contribution in [0.1, 0.15) is 30.9 Å². The minimum absolute atomic E-state index is 0.493. The van der Waals surface area contributed by atoms with Gasteiger partial charge in [-0.3, -0.25) is 0 Å². The minimum Gasteiger partial charge on any atom is -0.371 e. The first kappa shape index (κ1) is 12.5. The number of anilines is 1. The molecule has 0 unspecified atom stereocenters. The number of rotatable bonds is 3. The first-order chi connectivity index (χ1) is 8.63. The van der Waals surface area contributed by atoms with Crippen molar-refractivity contribution in [2.24, 2.45) is 0 Å². The minimum atomic E-state index is 0.493. The summed E-state index contributed by atoms with van der Waals surface area (Å²) in [6, 6.07) is 6.46. The molecular weight excluding hydrogens is 224 g/mol. The number of nitrogens with one attached hydrogen (secondary N) is 1. The van der Waals surface area contributed by atoms with Crippen LogP contribution >= 0.6 is 0 Å². The number of aryl methyl sites for hydroxylation is 1. The smallest absolute Gasteiger partial charge is 0.156 e. The summed E-state index contributed by atoms with van der Waals surface area (Å²) in [7, 11) is 1.84. The summed E-state index contributed by atoms with van der Waals surface area (Å²) < 4.78 is 0. The van der Waals surface area contributed by atoms with Crippen LogP contribution in [0.2, 0.25) is 0 Å². The Balaban J connectivity index is 2.59. The number of hydrogen-bond acceptors (Lipinski definition) is 4. The van der Waals surface area contributed by atoms with Crippen LogP contribution in [0.25, 0.3) is 11.3 Å². The Morgan fingerprint density at radius 2 is 2.00 bits per heavy atom. The van der Waals surface area contributed by atoms with Crippen LogP contribution in [0.4, 0.5) is 5.82 Å². The summed E-state index contributed by atoms with van der Waals surface area (Å²) in [5.74, 6) is 1.25. The molecule has 4 heteroatoms. The van der Waals surface area contributed by atoms with Crippen molar-refractivity contribution in [2.75, 3.05) is 12.4 Å². The summed E-state index contributed by atoms with van der Waals surface area (Å²) >= 11 is 0. The molecule has 0 saturated heterocycles. The van der Waals surface area contributed by atoms with Crippen LogP contribution in [0.15, 0.2) is 24.5 Å². The van der Waals surface area contributed by atoms with Crippen molar-refractivity contribution in [1.29, 1.82) is 0 Å². The molecule has 1 aromatic heterocycles. The van der Waals surface area contributed by atoms with Crippen molar-refractivity contribution in [3.8, 4) is 11.3 Å². The van der Waals surface area contributed by atoms with Gasteiger partial charge in [-0.2, -0.15) is 0 Å². The lowest BCUT2D eigenvalue weighted by Crippen LogP contribution is -2.01. The van der Waals surface area contributed by atoms with Gasteiger partial charge in [0.2, 0.25) is 0 Å². The topological polar surface area (TPSA) is 50.7 Å². The molecule has 0 atom stereocenters. The molecule has 0 aliphatic heterocycles. The maximum Gasteiger partial charge on any atom is 0.156 e. The van der Waals surface area contributed by atoms with Gasteiger partial charge in [0.25, 0.3) is 0 Å². The fourth-order valence-corrected chi connectivity index (χ4v) is 1.89. The first-order valence-corrected chi connectivity index (χ1v) is 6.10. The van der Waals surface area contributed by atoms with Gasteiger partial charge in [-0.05, 0) is 30.0 Å². The Morgan fingerprint density at radius 1 is 1.22 bits per heavy atom. The van der Waals surface area contributed by atoms with E-state index in [0.29, 0.717) is 5.92 Å². The lowest BCUT2D eigenvalue weighted by Gasteiger charge is -2.12. The normalized spacial score (nSPS) is 10.7. The highest BCUT2D eigenvalue weighted by atomic mass is 15.2. The fraction of sp³-hybridized carbons (Fsp3) is 0.357. The molecular formula is C14H18N4. The van der Waals surface area contributed by atoms with Crippen molar-refractivity contribution in [3.05, 3.63) is 35.7 Å². The molecule has 0 spiro atoms. The lowest BCUT2D eigenvalue weighted by atomic mass is 9.96. The Bertz CT molecular complexity index is 549. The Hall–Kier alpha value is -1.97. The summed E-state index contributed by atoms with van der Waals surface area (Å²) in [5.41, 5.74) is 4.37. The second kappa shape index (κ2) is 5.12. The van der Waals surface area contributed by atoms with Crippen molar-refractivity contribution in [1.82, 2.24) is 15.2 Å². The number of benzene rings is 1. The molecule has 0 radical (unpaired) electrons. The summed E-state index contributed by atoms with van der Waals surface area (Å²) in [5, 5.41) is 11.1. The first-order valence-electron chi connectivity index (χ1n) is 6.10. The highest BCUT2D eigenvalue weighted by Crippen LogP contribution is 2.29. The summed E-state index contributed by atoms with van der Waals surface area (Å²) in [6.07, 6.45) is 1.46. The van der Waals surface area contributed by atoms with Gasteiger partial charge in [0.05, 0.1) is 0 Å². The molecule has 0 fully saturated rings. The van der Waals surface area contributed by atoms with E-state index in [0.717, 1.165) is 17.1 Å². The summed E-state index contributed by atoms with van der Waals surface area (Å²) in [4.78, 5) is 4.20. The standard InChI is InChI=1S/C14H18N4/c1-9(2)11-6-5-10(3)12(7-11)13-14(15-4)16-8-17-18-13/h5-9H,1-4H3,(H,15,16,17). The van der Waals surface area contributed by atoms with E-state index in [2.05, 4.69) is 59.5 Å². The van der Waals surface area contributed by atoms with E-state index in [4.69, 9.17) is 0 Å². The molecule has 1 aromatic carbocycles. The lowest BCUT2D eigenvalue weighted by molar-refractivity contribution is 0.865. The maximum absolute atomic E-state index is 4.21. The number of aromatic nitrogens is 3. The second-order valence-electron chi connectivity index (χ2n) is 4.64. The predicted octanol–water partition coefficient (Wildman–Crippen LogP) is 3.01. The van der Waals surface area contributed by atoms with Crippen LogP contribution in [0, 0.1) is 6.92 Å². The van der Waals surface area contributed by atoms with Gasteiger partial charge in [-0.1, -0.05) is 26.0 Å². The second-order valence-corrected chi connectivity index (χ2v) is 4.64. The van der Waals surface area contributed by atoms with Gasteiger partial charge in [0.1, 0.15) is 12.0 Å². The Labute approximate surface area is 107 Å². The molecule has 1 heterocycles. The third kappa shape index (κ3) is 2.32. The van der Waals surface area contributed by atoms with Crippen LogP contribution in [-0.2, 0) is 0 Å². The van der Waals surface area contributed by atoms with E-state index in [-0.39, 0.29) is 0 Å². The van der Waals surface area contributed by atoms with Crippen LogP contribution in [0.3, 0.4) is 0 Å². The van der Waals surface area contributed by atoms with Gasteiger partial charge < -0.3 is 5.32 Å². The van der Waals surface area contributed by atoms with E-state index in [1.807, 2.05) is 7.05 Å². The van der Waals surface area contributed by atoms with E-state index in [9.17, 15) is 0 Å². The Kier molecular flexibility index (Phi) is 3.55. The molecule has 0 amide bonds. The van der Waals surface area contributed by atoms with E-state index in [1.54, 1.807) is 0 Å². The van der Waals surface area contributed by atoms with E-state index in [1.165, 1.54) is 17.5 Å². The quantitative estimate of drug-likeness (QED) is 0.898. The average molecular weight is 242 g/mol. The SMILES string of the molecule is CNc1ncnnc1-c1cc(C(C)C)ccc1C. The zero-order chi connectivity index (χ0) is 13.1. The van der Waals surface area contributed by atoms with Gasteiger partial charge in [-0.25, -0.2) is 4.98 Å². The largest absolute Gasteiger partial charge is 0.371 e. The van der Waals surface area contributed by atoms with Gasteiger partial charge in [0, 0.05) is 12.6 Å². The molecule has 18 heavy (non-hydrogen) atoms. The predicted molar refractivity (Wildman–Crippen MR) is 73.6 cm³/mol. The molecule has 0 aliphatic carbocycles. The fourth-order valence-electron chi connectivity index (χ4n) is 1.89. The van der Waals surface area contributed by atoms with Gasteiger partial charge in [-0.15, -0.1) is 10.2 Å². The highest BCUT2D eigenvalue weighted by molar-refractivity contribution is 5.73.